The summed E-state index contributed by atoms with van der Waals surface area (Å²) in [5.74, 6) is 1.53. The minimum Gasteiger partial charge on any atom is -0.315 e. The first-order valence-electron chi connectivity index (χ1n) is 5.72. The normalized spacial score (nSPS) is 18.0. The molecule has 0 amide bonds. The highest BCUT2D eigenvalue weighted by Crippen LogP contribution is 2.39. The van der Waals surface area contributed by atoms with Gasteiger partial charge < -0.3 is 4.57 Å². The summed E-state index contributed by atoms with van der Waals surface area (Å²) in [6, 6.07) is 13.8. The summed E-state index contributed by atoms with van der Waals surface area (Å²) in [6.07, 6.45) is 1.87. The summed E-state index contributed by atoms with van der Waals surface area (Å²) in [5.41, 5.74) is 1.47. The van der Waals surface area contributed by atoms with Gasteiger partial charge in [-0.25, -0.2) is 0 Å². The minimum atomic E-state index is 0.0851. The first-order chi connectivity index (χ1) is 8.34. The van der Waals surface area contributed by atoms with Gasteiger partial charge in [0.1, 0.15) is 0 Å². The lowest BCUT2D eigenvalue weighted by Crippen LogP contribution is -2.21. The second-order valence-electron chi connectivity index (χ2n) is 4.24. The van der Waals surface area contributed by atoms with Crippen molar-refractivity contribution in [3.05, 3.63) is 64.6 Å². The van der Waals surface area contributed by atoms with Gasteiger partial charge in [-0.15, -0.1) is 11.8 Å². The Bertz CT molecular complexity index is 591. The minimum absolute atomic E-state index is 0.0851. The Morgan fingerprint density at radius 3 is 2.88 bits per heavy atom. The molecule has 0 aliphatic carbocycles. The van der Waals surface area contributed by atoms with E-state index < -0.39 is 0 Å². The predicted molar refractivity (Wildman–Crippen MR) is 70.6 cm³/mol. The van der Waals surface area contributed by atoms with Crippen LogP contribution in [0.1, 0.15) is 11.5 Å². The summed E-state index contributed by atoms with van der Waals surface area (Å²) < 4.78 is 1.80. The molecule has 1 aromatic carbocycles. The van der Waals surface area contributed by atoms with Crippen LogP contribution in [0.2, 0.25) is 0 Å². The van der Waals surface area contributed by atoms with E-state index in [-0.39, 0.29) is 5.56 Å². The molecule has 3 rings (SSSR count). The maximum atomic E-state index is 11.7. The molecule has 1 aliphatic rings. The van der Waals surface area contributed by atoms with Crippen molar-refractivity contribution in [1.82, 2.24) is 4.57 Å². The second kappa shape index (κ2) is 4.41. The van der Waals surface area contributed by atoms with Gasteiger partial charge in [0.15, 0.2) is 0 Å². The van der Waals surface area contributed by atoms with Crippen LogP contribution in [0.3, 0.4) is 0 Å². The van der Waals surface area contributed by atoms with E-state index in [1.54, 1.807) is 16.7 Å². The Kier molecular flexibility index (Phi) is 2.77. The van der Waals surface area contributed by atoms with Crippen LogP contribution in [-0.4, -0.2) is 10.3 Å². The van der Waals surface area contributed by atoms with Crippen LogP contribution in [0.15, 0.2) is 58.4 Å². The lowest BCUT2D eigenvalue weighted by Gasteiger charge is -2.12. The van der Waals surface area contributed by atoms with Crippen LogP contribution >= 0.6 is 11.8 Å². The lowest BCUT2D eigenvalue weighted by atomic mass is 10.0. The van der Waals surface area contributed by atoms with Crippen LogP contribution in [0.5, 0.6) is 0 Å². The van der Waals surface area contributed by atoms with Crippen LogP contribution in [0.4, 0.5) is 0 Å². The summed E-state index contributed by atoms with van der Waals surface area (Å²) >= 11 is 1.89. The highest BCUT2D eigenvalue weighted by atomic mass is 32.2. The van der Waals surface area contributed by atoms with Crippen molar-refractivity contribution in [3.63, 3.8) is 0 Å². The third kappa shape index (κ3) is 2.03. The Hall–Kier alpha value is -1.48. The molecule has 2 heterocycles. The average Bonchev–Trinajstić information content (AvgIpc) is 2.76. The highest BCUT2D eigenvalue weighted by molar-refractivity contribution is 7.99. The Morgan fingerprint density at radius 2 is 2.00 bits per heavy atom. The summed E-state index contributed by atoms with van der Waals surface area (Å²) in [6.45, 7) is 0.781. The molecule has 0 spiro atoms. The molecular weight excluding hydrogens is 230 g/mol. The van der Waals surface area contributed by atoms with Gasteiger partial charge in [0.25, 0.3) is 5.56 Å². The zero-order chi connectivity index (χ0) is 11.7. The standard InChI is InChI=1S/C14H13NOS/c16-14-7-3-4-8-15(14)9-11-10-17-13-6-2-1-5-12(11)13/h1-8,11H,9-10H2. The van der Waals surface area contributed by atoms with E-state index in [2.05, 4.69) is 24.3 Å². The number of hydrogen-bond donors (Lipinski definition) is 0. The summed E-state index contributed by atoms with van der Waals surface area (Å²) in [5, 5.41) is 0. The van der Waals surface area contributed by atoms with E-state index in [9.17, 15) is 4.79 Å². The van der Waals surface area contributed by atoms with E-state index in [1.807, 2.05) is 24.0 Å². The number of thioether (sulfide) groups is 1. The molecule has 3 heteroatoms. The fourth-order valence-electron chi connectivity index (χ4n) is 2.23. The molecule has 0 radical (unpaired) electrons. The van der Waals surface area contributed by atoms with E-state index in [1.165, 1.54) is 10.5 Å². The largest absolute Gasteiger partial charge is 0.315 e. The Labute approximate surface area is 104 Å². The maximum Gasteiger partial charge on any atom is 0.250 e. The molecule has 2 nitrogen and oxygen atoms in total. The molecule has 17 heavy (non-hydrogen) atoms. The van der Waals surface area contributed by atoms with E-state index >= 15 is 0 Å². The molecule has 1 aliphatic heterocycles. The number of rotatable bonds is 2. The molecule has 0 N–H and O–H groups in total. The van der Waals surface area contributed by atoms with Crippen LogP contribution < -0.4 is 5.56 Å². The zero-order valence-corrected chi connectivity index (χ0v) is 10.2. The van der Waals surface area contributed by atoms with Crippen molar-refractivity contribution in [2.45, 2.75) is 17.4 Å². The molecule has 0 fully saturated rings. The number of fused-ring (bicyclic) bond motifs is 1. The fourth-order valence-corrected chi connectivity index (χ4v) is 3.47. The first-order valence-corrected chi connectivity index (χ1v) is 6.70. The van der Waals surface area contributed by atoms with Crippen LogP contribution in [0, 0.1) is 0 Å². The molecule has 0 bridgehead atoms. The third-order valence-electron chi connectivity index (χ3n) is 3.11. The van der Waals surface area contributed by atoms with Crippen molar-refractivity contribution < 1.29 is 0 Å². The topological polar surface area (TPSA) is 22.0 Å². The molecule has 0 saturated carbocycles. The van der Waals surface area contributed by atoms with Crippen molar-refractivity contribution in [1.29, 1.82) is 0 Å². The van der Waals surface area contributed by atoms with Gasteiger partial charge in [-0.2, -0.15) is 0 Å². The Morgan fingerprint density at radius 1 is 1.18 bits per heavy atom. The van der Waals surface area contributed by atoms with Crippen molar-refractivity contribution in [2.24, 2.45) is 0 Å². The molecule has 1 unspecified atom stereocenters. The van der Waals surface area contributed by atoms with Gasteiger partial charge in [-0.05, 0) is 17.7 Å². The van der Waals surface area contributed by atoms with Crippen LogP contribution in [0.25, 0.3) is 0 Å². The van der Waals surface area contributed by atoms with Crippen molar-refractivity contribution in [2.75, 3.05) is 5.75 Å². The van der Waals surface area contributed by atoms with E-state index in [0.29, 0.717) is 5.92 Å². The number of hydrogen-bond acceptors (Lipinski definition) is 2. The number of benzene rings is 1. The Balaban J connectivity index is 1.89. The monoisotopic (exact) mass is 243 g/mol. The van der Waals surface area contributed by atoms with Gasteiger partial charge in [0, 0.05) is 35.4 Å². The fraction of sp³-hybridized carbons (Fsp3) is 0.214. The molecule has 2 aromatic rings. The number of nitrogens with zero attached hydrogens (tertiary/aromatic N) is 1. The van der Waals surface area contributed by atoms with E-state index in [4.69, 9.17) is 0 Å². The molecule has 1 aromatic heterocycles. The molecule has 0 saturated heterocycles. The van der Waals surface area contributed by atoms with Gasteiger partial charge in [0.2, 0.25) is 0 Å². The van der Waals surface area contributed by atoms with Gasteiger partial charge in [0.05, 0.1) is 0 Å². The maximum absolute atomic E-state index is 11.7. The zero-order valence-electron chi connectivity index (χ0n) is 9.37. The second-order valence-corrected chi connectivity index (χ2v) is 5.30. The van der Waals surface area contributed by atoms with Gasteiger partial charge in [-0.1, -0.05) is 24.3 Å². The smallest absolute Gasteiger partial charge is 0.250 e. The molecule has 1 atom stereocenters. The number of aromatic nitrogens is 1. The quantitative estimate of drug-likeness (QED) is 0.809. The SMILES string of the molecule is O=c1ccccn1CC1CSc2ccccc21. The van der Waals surface area contributed by atoms with Crippen LogP contribution in [-0.2, 0) is 6.54 Å². The van der Waals surface area contributed by atoms with Gasteiger partial charge >= 0.3 is 0 Å². The van der Waals surface area contributed by atoms with Gasteiger partial charge in [-0.3, -0.25) is 4.79 Å². The number of pyridine rings is 1. The summed E-state index contributed by atoms with van der Waals surface area (Å²) in [7, 11) is 0. The van der Waals surface area contributed by atoms with Crippen molar-refractivity contribution >= 4 is 11.8 Å². The lowest BCUT2D eigenvalue weighted by molar-refractivity contribution is 0.588. The third-order valence-corrected chi connectivity index (χ3v) is 4.37. The first kappa shape index (κ1) is 10.7. The van der Waals surface area contributed by atoms with E-state index in [0.717, 1.165) is 12.3 Å². The highest BCUT2D eigenvalue weighted by Gasteiger charge is 2.22. The summed E-state index contributed by atoms with van der Waals surface area (Å²) in [4.78, 5) is 13.0. The molecular formula is C14H13NOS. The predicted octanol–water partition coefficient (Wildman–Crippen LogP) is 2.74. The van der Waals surface area contributed by atoms with Crippen molar-refractivity contribution in [3.8, 4) is 0 Å². The molecule has 86 valence electrons. The average molecular weight is 243 g/mol.